The van der Waals surface area contributed by atoms with Crippen molar-refractivity contribution in [2.24, 2.45) is 0 Å². The van der Waals surface area contributed by atoms with Crippen molar-refractivity contribution in [1.82, 2.24) is 14.9 Å². The van der Waals surface area contributed by atoms with Crippen LogP contribution in [0.15, 0.2) is 60.9 Å². The molecule has 1 amide bonds. The van der Waals surface area contributed by atoms with Crippen LogP contribution in [0.1, 0.15) is 11.4 Å². The number of nitrogens with zero attached hydrogens (tertiary/aromatic N) is 3. The Bertz CT molecular complexity index is 1110. The summed E-state index contributed by atoms with van der Waals surface area (Å²) in [5, 5.41) is 3.01. The van der Waals surface area contributed by atoms with E-state index in [0.29, 0.717) is 0 Å². The molecule has 3 rings (SSSR count). The fourth-order valence-electron chi connectivity index (χ4n) is 2.85. The Kier molecular flexibility index (Phi) is 6.24. The van der Waals surface area contributed by atoms with Gasteiger partial charge >= 0.3 is 0 Å². The number of carbonyl (C=O) groups is 1. The predicted octanol–water partition coefficient (Wildman–Crippen LogP) is 2.92. The fraction of sp³-hybridized carbons (Fsp3) is 0.200. The van der Waals surface area contributed by atoms with Gasteiger partial charge in [-0.1, -0.05) is 35.9 Å². The first-order chi connectivity index (χ1) is 13.8. The van der Waals surface area contributed by atoms with Gasteiger partial charge in [-0.3, -0.25) is 9.10 Å². The largest absolute Gasteiger partial charge is 0.350 e. The van der Waals surface area contributed by atoms with Gasteiger partial charge in [0.25, 0.3) is 0 Å². The van der Waals surface area contributed by atoms with E-state index in [1.165, 1.54) is 0 Å². The van der Waals surface area contributed by atoms with Crippen LogP contribution in [-0.4, -0.2) is 36.7 Å². The number of aromatic nitrogens is 2. The molecule has 2 aromatic carbocycles. The quantitative estimate of drug-likeness (QED) is 0.622. The van der Waals surface area contributed by atoms with E-state index in [4.69, 9.17) is 11.6 Å². The molecule has 1 N–H and O–H groups in total. The molecule has 29 heavy (non-hydrogen) atoms. The Morgan fingerprint density at radius 1 is 1.17 bits per heavy atom. The maximum atomic E-state index is 12.4. The number of benzene rings is 2. The first-order valence-electron chi connectivity index (χ1n) is 8.84. The highest BCUT2D eigenvalue weighted by Crippen LogP contribution is 2.26. The molecule has 0 unspecified atom stereocenters. The average Bonchev–Trinajstić information content (AvgIpc) is 3.11. The summed E-state index contributed by atoms with van der Waals surface area (Å²) in [5.74, 6) is 0.455. The minimum absolute atomic E-state index is 0.260. The summed E-state index contributed by atoms with van der Waals surface area (Å²) in [7, 11) is -3.67. The van der Waals surface area contributed by atoms with Crippen molar-refractivity contribution in [1.29, 1.82) is 0 Å². The molecule has 9 heteroatoms. The van der Waals surface area contributed by atoms with Crippen LogP contribution in [0.25, 0.3) is 5.69 Å². The Morgan fingerprint density at radius 2 is 1.86 bits per heavy atom. The van der Waals surface area contributed by atoms with E-state index >= 15 is 0 Å². The van der Waals surface area contributed by atoms with Crippen molar-refractivity contribution < 1.29 is 13.2 Å². The highest BCUT2D eigenvalue weighted by atomic mass is 35.5. The van der Waals surface area contributed by atoms with Crippen LogP contribution in [0.3, 0.4) is 0 Å². The molecular formula is C20H21ClN4O3S. The van der Waals surface area contributed by atoms with E-state index in [0.717, 1.165) is 27.6 Å². The van der Waals surface area contributed by atoms with E-state index in [1.54, 1.807) is 30.5 Å². The number of hydrogen-bond acceptors (Lipinski definition) is 4. The van der Waals surface area contributed by atoms with Gasteiger partial charge in [0, 0.05) is 24.6 Å². The molecule has 0 aliphatic rings. The third kappa shape index (κ3) is 5.16. The minimum atomic E-state index is -3.67. The molecule has 7 nitrogen and oxygen atoms in total. The predicted molar refractivity (Wildman–Crippen MR) is 114 cm³/mol. The van der Waals surface area contributed by atoms with E-state index in [1.807, 2.05) is 42.0 Å². The number of imidazole rings is 1. The number of para-hydroxylation sites is 1. The standard InChI is InChI=1S/C20H21ClN4O3S/c1-15-22-11-12-24(15)17-9-7-16(8-10-17)13-23-20(26)14-25(29(2,27)28)19-6-4-3-5-18(19)21/h3-12H,13-14H2,1-2H3,(H,23,26). The molecule has 0 aliphatic heterocycles. The normalized spacial score (nSPS) is 11.3. The average molecular weight is 433 g/mol. The number of rotatable bonds is 7. The fourth-order valence-corrected chi connectivity index (χ4v) is 4.00. The molecule has 0 fully saturated rings. The number of sulfonamides is 1. The summed E-state index contributed by atoms with van der Waals surface area (Å²) in [4.78, 5) is 16.6. The van der Waals surface area contributed by atoms with E-state index in [9.17, 15) is 13.2 Å². The zero-order chi connectivity index (χ0) is 21.0. The molecule has 0 bridgehead atoms. The maximum absolute atomic E-state index is 12.4. The summed E-state index contributed by atoms with van der Waals surface area (Å²) in [6, 6.07) is 14.2. The van der Waals surface area contributed by atoms with Crippen molar-refractivity contribution in [3.63, 3.8) is 0 Å². The second-order valence-electron chi connectivity index (χ2n) is 6.51. The van der Waals surface area contributed by atoms with Gasteiger partial charge in [-0.2, -0.15) is 0 Å². The number of halogens is 1. The van der Waals surface area contributed by atoms with E-state index in [-0.39, 0.29) is 23.8 Å². The van der Waals surface area contributed by atoms with Crippen LogP contribution in [0.2, 0.25) is 5.02 Å². The van der Waals surface area contributed by atoms with Gasteiger partial charge < -0.3 is 9.88 Å². The monoisotopic (exact) mass is 432 g/mol. The van der Waals surface area contributed by atoms with E-state index in [2.05, 4.69) is 10.3 Å². The first kappa shape index (κ1) is 20.9. The van der Waals surface area contributed by atoms with Crippen LogP contribution in [0.4, 0.5) is 5.69 Å². The van der Waals surface area contributed by atoms with Gasteiger partial charge in [0.1, 0.15) is 12.4 Å². The van der Waals surface area contributed by atoms with Gasteiger partial charge in [-0.15, -0.1) is 0 Å². The van der Waals surface area contributed by atoms with Gasteiger partial charge in [0.15, 0.2) is 0 Å². The summed E-state index contributed by atoms with van der Waals surface area (Å²) >= 11 is 6.11. The number of anilines is 1. The minimum Gasteiger partial charge on any atom is -0.350 e. The zero-order valence-electron chi connectivity index (χ0n) is 16.0. The topological polar surface area (TPSA) is 84.3 Å². The SMILES string of the molecule is Cc1nccn1-c1ccc(CNC(=O)CN(c2ccccc2Cl)S(C)(=O)=O)cc1. The van der Waals surface area contributed by atoms with Gasteiger partial charge in [-0.05, 0) is 36.8 Å². The third-order valence-electron chi connectivity index (χ3n) is 4.34. The molecule has 0 saturated carbocycles. The van der Waals surface area contributed by atoms with Gasteiger partial charge in [0.05, 0.1) is 17.0 Å². The molecule has 1 heterocycles. The van der Waals surface area contributed by atoms with Crippen LogP contribution >= 0.6 is 11.6 Å². The Morgan fingerprint density at radius 3 is 2.45 bits per heavy atom. The lowest BCUT2D eigenvalue weighted by Gasteiger charge is -2.22. The maximum Gasteiger partial charge on any atom is 0.241 e. The number of nitrogens with one attached hydrogen (secondary N) is 1. The lowest BCUT2D eigenvalue weighted by molar-refractivity contribution is -0.119. The molecule has 0 aliphatic carbocycles. The molecule has 0 saturated heterocycles. The van der Waals surface area contributed by atoms with Crippen molar-refractivity contribution in [2.45, 2.75) is 13.5 Å². The number of carbonyl (C=O) groups excluding carboxylic acids is 1. The summed E-state index contributed by atoms with van der Waals surface area (Å²) in [5.41, 5.74) is 2.13. The second kappa shape index (κ2) is 8.67. The number of amides is 1. The third-order valence-corrected chi connectivity index (χ3v) is 5.78. The lowest BCUT2D eigenvalue weighted by Crippen LogP contribution is -2.40. The Hall–Kier alpha value is -2.84. The highest BCUT2D eigenvalue weighted by molar-refractivity contribution is 7.92. The second-order valence-corrected chi connectivity index (χ2v) is 8.82. The zero-order valence-corrected chi connectivity index (χ0v) is 17.6. The van der Waals surface area contributed by atoms with Crippen LogP contribution in [0, 0.1) is 6.92 Å². The summed E-state index contributed by atoms with van der Waals surface area (Å²) in [6.07, 6.45) is 4.65. The molecule has 0 spiro atoms. The lowest BCUT2D eigenvalue weighted by atomic mass is 10.2. The first-order valence-corrected chi connectivity index (χ1v) is 11.1. The van der Waals surface area contributed by atoms with Gasteiger partial charge in [0.2, 0.25) is 15.9 Å². The Balaban J connectivity index is 1.65. The molecule has 0 radical (unpaired) electrons. The van der Waals surface area contributed by atoms with Crippen molar-refractivity contribution in [2.75, 3.05) is 17.1 Å². The van der Waals surface area contributed by atoms with Crippen molar-refractivity contribution in [3.8, 4) is 5.69 Å². The van der Waals surface area contributed by atoms with Gasteiger partial charge in [-0.25, -0.2) is 13.4 Å². The highest BCUT2D eigenvalue weighted by Gasteiger charge is 2.22. The van der Waals surface area contributed by atoms with Crippen LogP contribution in [0.5, 0.6) is 0 Å². The van der Waals surface area contributed by atoms with Crippen LogP contribution in [-0.2, 0) is 21.4 Å². The van der Waals surface area contributed by atoms with Crippen LogP contribution < -0.4 is 9.62 Å². The summed E-state index contributed by atoms with van der Waals surface area (Å²) < 4.78 is 27.3. The molecule has 1 aromatic heterocycles. The molecule has 3 aromatic rings. The van der Waals surface area contributed by atoms with E-state index < -0.39 is 15.9 Å². The molecule has 152 valence electrons. The van der Waals surface area contributed by atoms with Crippen molar-refractivity contribution in [3.05, 3.63) is 77.3 Å². The molecular weight excluding hydrogens is 412 g/mol. The smallest absolute Gasteiger partial charge is 0.241 e. The molecule has 0 atom stereocenters. The number of aryl methyl sites for hydroxylation is 1. The summed E-state index contributed by atoms with van der Waals surface area (Å²) in [6.45, 7) is 1.84. The number of hydrogen-bond donors (Lipinski definition) is 1. The van der Waals surface area contributed by atoms with Crippen molar-refractivity contribution >= 4 is 33.2 Å². The Labute approximate surface area is 175 Å².